The molecule has 1 aromatic heterocycles. The lowest BCUT2D eigenvalue weighted by Crippen LogP contribution is -2.21. The second-order valence-electron chi connectivity index (χ2n) is 4.81. The first kappa shape index (κ1) is 15.5. The predicted molar refractivity (Wildman–Crippen MR) is 84.2 cm³/mol. The fourth-order valence-corrected chi connectivity index (χ4v) is 3.97. The van der Waals surface area contributed by atoms with Gasteiger partial charge < -0.3 is 4.18 Å². The number of rotatable bonds is 4. The number of fused-ring (bicyclic) bond motifs is 1. The van der Waals surface area contributed by atoms with E-state index in [0.29, 0.717) is 10.9 Å². The van der Waals surface area contributed by atoms with Gasteiger partial charge in [-0.15, -0.1) is 4.09 Å². The molecule has 0 bridgehead atoms. The Morgan fingerprint density at radius 2 is 1.61 bits per heavy atom. The Hall–Kier alpha value is -2.39. The van der Waals surface area contributed by atoms with Crippen molar-refractivity contribution in [3.63, 3.8) is 0 Å². The van der Waals surface area contributed by atoms with Gasteiger partial charge in [0.25, 0.3) is 0 Å². The Bertz CT molecular complexity index is 1090. The molecule has 0 aliphatic rings. The summed E-state index contributed by atoms with van der Waals surface area (Å²) in [5.74, 6) is -0.269. The number of nitrogens with zero attached hydrogens (tertiary/aromatic N) is 2. The van der Waals surface area contributed by atoms with E-state index >= 15 is 0 Å². The van der Waals surface area contributed by atoms with Crippen LogP contribution in [0.4, 0.5) is 0 Å². The van der Waals surface area contributed by atoms with E-state index < -0.39 is 20.1 Å². The average Bonchev–Trinajstić information content (AvgIpc) is 2.91. The third kappa shape index (κ3) is 2.92. The van der Waals surface area contributed by atoms with Gasteiger partial charge in [0.05, 0.1) is 11.7 Å². The third-order valence-electron chi connectivity index (χ3n) is 3.10. The Kier molecular flexibility index (Phi) is 3.61. The summed E-state index contributed by atoms with van der Waals surface area (Å²) in [4.78, 5) is -0.208. The zero-order chi connectivity index (χ0) is 16.7. The second-order valence-corrected chi connectivity index (χ2v) is 8.16. The van der Waals surface area contributed by atoms with Gasteiger partial charge in [0, 0.05) is 11.6 Å². The molecule has 0 radical (unpaired) electrons. The number of hydrogen-bond donors (Lipinski definition) is 0. The first-order valence-electron chi connectivity index (χ1n) is 6.46. The number of para-hydroxylation sites is 2. The lowest BCUT2D eigenvalue weighted by molar-refractivity contribution is 0.465. The molecule has 0 N–H and O–H groups in total. The molecule has 0 unspecified atom stereocenters. The lowest BCUT2D eigenvalue weighted by atomic mass is 10.3. The molecule has 0 fully saturated rings. The molecule has 23 heavy (non-hydrogen) atoms. The largest absolute Gasteiger partial charge is 0.429 e. The Morgan fingerprint density at radius 3 is 2.35 bits per heavy atom. The normalized spacial score (nSPS) is 12.4. The van der Waals surface area contributed by atoms with Crippen molar-refractivity contribution in [2.24, 2.45) is 0 Å². The summed E-state index contributed by atoms with van der Waals surface area (Å²) in [7, 11) is -7.97. The standard InChI is InChI=1S/C14H12N2O5S2/c1-22(17,18)14-9-5-4-8-13(14)21-23(19,20)16-12-7-3-2-6-11(12)10-15-16/h2-10H,1H3. The van der Waals surface area contributed by atoms with Crippen LogP contribution in [0, 0.1) is 0 Å². The van der Waals surface area contributed by atoms with Crippen molar-refractivity contribution in [1.82, 2.24) is 9.19 Å². The Labute approximate surface area is 133 Å². The summed E-state index contributed by atoms with van der Waals surface area (Å²) in [6.45, 7) is 0. The van der Waals surface area contributed by atoms with Gasteiger partial charge >= 0.3 is 10.3 Å². The molecule has 0 atom stereocenters. The minimum Gasteiger partial charge on any atom is -0.364 e. The van der Waals surface area contributed by atoms with Gasteiger partial charge in [0.15, 0.2) is 15.6 Å². The molecule has 0 spiro atoms. The van der Waals surface area contributed by atoms with Gasteiger partial charge in [-0.05, 0) is 18.2 Å². The fraction of sp³-hybridized carbons (Fsp3) is 0.0714. The lowest BCUT2D eigenvalue weighted by Gasteiger charge is -2.10. The minimum atomic E-state index is -4.34. The van der Waals surface area contributed by atoms with Crippen LogP contribution in [0.3, 0.4) is 0 Å². The molecular weight excluding hydrogens is 340 g/mol. The van der Waals surface area contributed by atoms with Gasteiger partial charge in [0.2, 0.25) is 0 Å². The minimum absolute atomic E-state index is 0.208. The summed E-state index contributed by atoms with van der Waals surface area (Å²) < 4.78 is 54.1. The molecule has 120 valence electrons. The summed E-state index contributed by atoms with van der Waals surface area (Å²) >= 11 is 0. The van der Waals surface area contributed by atoms with Crippen LogP contribution in [0.15, 0.2) is 59.6 Å². The number of aromatic nitrogens is 2. The quantitative estimate of drug-likeness (QED) is 0.708. The number of benzene rings is 2. The highest BCUT2D eigenvalue weighted by Crippen LogP contribution is 2.26. The highest BCUT2D eigenvalue weighted by molar-refractivity contribution is 7.91. The summed E-state index contributed by atoms with van der Waals surface area (Å²) in [5.41, 5.74) is 0.337. The van der Waals surface area contributed by atoms with Crippen LogP contribution < -0.4 is 4.18 Å². The van der Waals surface area contributed by atoms with Crippen molar-refractivity contribution >= 4 is 31.0 Å². The third-order valence-corrected chi connectivity index (χ3v) is 5.34. The van der Waals surface area contributed by atoms with E-state index in [1.165, 1.54) is 30.5 Å². The van der Waals surface area contributed by atoms with Crippen molar-refractivity contribution in [3.8, 4) is 5.75 Å². The van der Waals surface area contributed by atoms with Crippen molar-refractivity contribution in [1.29, 1.82) is 0 Å². The van der Waals surface area contributed by atoms with Crippen LogP contribution in [0.1, 0.15) is 0 Å². The van der Waals surface area contributed by atoms with Crippen molar-refractivity contribution in [3.05, 3.63) is 54.7 Å². The summed E-state index contributed by atoms with van der Waals surface area (Å²) in [6, 6.07) is 12.2. The van der Waals surface area contributed by atoms with E-state index in [-0.39, 0.29) is 10.6 Å². The molecule has 0 aliphatic carbocycles. The zero-order valence-electron chi connectivity index (χ0n) is 11.9. The van der Waals surface area contributed by atoms with Crippen LogP contribution >= 0.6 is 0 Å². The van der Waals surface area contributed by atoms with Crippen molar-refractivity contribution in [2.45, 2.75) is 4.90 Å². The molecule has 0 saturated heterocycles. The molecular formula is C14H12N2O5S2. The highest BCUT2D eigenvalue weighted by Gasteiger charge is 2.23. The van der Waals surface area contributed by atoms with Crippen LogP contribution in [-0.2, 0) is 20.1 Å². The molecule has 0 aliphatic heterocycles. The van der Waals surface area contributed by atoms with E-state index in [1.807, 2.05) is 0 Å². The van der Waals surface area contributed by atoms with Gasteiger partial charge in [0.1, 0.15) is 4.90 Å². The maximum Gasteiger partial charge on any atom is 0.429 e. The van der Waals surface area contributed by atoms with E-state index in [1.54, 1.807) is 24.3 Å². The fourth-order valence-electron chi connectivity index (χ4n) is 2.10. The maximum atomic E-state index is 12.4. The van der Waals surface area contributed by atoms with E-state index in [4.69, 9.17) is 4.18 Å². The highest BCUT2D eigenvalue weighted by atomic mass is 32.2. The van der Waals surface area contributed by atoms with Gasteiger partial charge in [-0.25, -0.2) is 8.42 Å². The van der Waals surface area contributed by atoms with E-state index in [2.05, 4.69) is 5.10 Å². The molecule has 3 aromatic rings. The van der Waals surface area contributed by atoms with E-state index in [0.717, 1.165) is 10.3 Å². The molecule has 1 heterocycles. The van der Waals surface area contributed by atoms with Gasteiger partial charge in [-0.1, -0.05) is 30.3 Å². The molecule has 0 amide bonds. The van der Waals surface area contributed by atoms with Crippen LogP contribution in [0.25, 0.3) is 10.9 Å². The summed E-state index contributed by atoms with van der Waals surface area (Å²) in [6.07, 6.45) is 2.36. The van der Waals surface area contributed by atoms with Crippen LogP contribution in [-0.4, -0.2) is 32.3 Å². The first-order valence-corrected chi connectivity index (χ1v) is 9.71. The Balaban J connectivity index is 2.10. The smallest absolute Gasteiger partial charge is 0.364 e. The SMILES string of the molecule is CS(=O)(=O)c1ccccc1OS(=O)(=O)n1ncc2ccccc21. The number of hydrogen-bond acceptors (Lipinski definition) is 6. The molecule has 7 nitrogen and oxygen atoms in total. The maximum absolute atomic E-state index is 12.4. The zero-order valence-corrected chi connectivity index (χ0v) is 13.6. The van der Waals surface area contributed by atoms with E-state index in [9.17, 15) is 16.8 Å². The molecule has 3 rings (SSSR count). The van der Waals surface area contributed by atoms with Crippen LogP contribution in [0.2, 0.25) is 0 Å². The number of sulfone groups is 1. The Morgan fingerprint density at radius 1 is 0.957 bits per heavy atom. The average molecular weight is 352 g/mol. The van der Waals surface area contributed by atoms with Crippen molar-refractivity contribution < 1.29 is 21.0 Å². The predicted octanol–water partition coefficient (Wildman–Crippen LogP) is 1.61. The topological polar surface area (TPSA) is 95.3 Å². The summed E-state index contributed by atoms with van der Waals surface area (Å²) in [5, 5.41) is 4.43. The van der Waals surface area contributed by atoms with Gasteiger partial charge in [-0.3, -0.25) is 0 Å². The van der Waals surface area contributed by atoms with Crippen LogP contribution in [0.5, 0.6) is 5.75 Å². The monoisotopic (exact) mass is 352 g/mol. The van der Waals surface area contributed by atoms with Crippen molar-refractivity contribution in [2.75, 3.05) is 6.26 Å². The molecule has 0 saturated carbocycles. The van der Waals surface area contributed by atoms with Gasteiger partial charge in [-0.2, -0.15) is 13.5 Å². The molecule has 2 aromatic carbocycles. The second kappa shape index (κ2) is 5.36. The first-order chi connectivity index (χ1) is 10.8. The molecule has 9 heteroatoms.